The van der Waals surface area contributed by atoms with Gasteiger partial charge in [0.25, 0.3) is 0 Å². The second kappa shape index (κ2) is 7.34. The van der Waals surface area contributed by atoms with Gasteiger partial charge in [-0.05, 0) is 38.0 Å². The van der Waals surface area contributed by atoms with Crippen molar-refractivity contribution in [2.24, 2.45) is 0 Å². The third-order valence-electron chi connectivity index (χ3n) is 3.37. The van der Waals surface area contributed by atoms with Crippen molar-refractivity contribution in [2.45, 2.75) is 42.8 Å². The summed E-state index contributed by atoms with van der Waals surface area (Å²) in [6.45, 7) is 3.88. The number of nitrogens with zero attached hydrogens (tertiary/aromatic N) is 1. The topological polar surface area (TPSA) is 20.3 Å². The number of carbonyl (C=O) groups is 1. The van der Waals surface area contributed by atoms with Gasteiger partial charge in [-0.3, -0.25) is 4.79 Å². The third kappa shape index (κ3) is 4.53. The number of halogens is 1. The van der Waals surface area contributed by atoms with E-state index in [1.165, 1.54) is 12.8 Å². The van der Waals surface area contributed by atoms with Gasteiger partial charge in [-0.2, -0.15) is 0 Å². The predicted octanol–water partition coefficient (Wildman–Crippen LogP) is 4.33. The van der Waals surface area contributed by atoms with Gasteiger partial charge < -0.3 is 4.90 Å². The first-order chi connectivity index (χ1) is 9.16. The highest BCUT2D eigenvalue weighted by Gasteiger charge is 2.22. The number of thioether (sulfide) groups is 1. The van der Waals surface area contributed by atoms with Crippen LogP contribution in [-0.2, 0) is 4.79 Å². The van der Waals surface area contributed by atoms with Gasteiger partial charge in [-0.1, -0.05) is 34.8 Å². The Bertz CT molecular complexity index is 430. The second-order valence-corrected chi connectivity index (χ2v) is 7.29. The fraction of sp³-hybridized carbons (Fsp3) is 0.533. The van der Waals surface area contributed by atoms with Crippen LogP contribution in [0.2, 0.25) is 0 Å². The molecule has 4 heteroatoms. The molecule has 0 saturated carbocycles. The largest absolute Gasteiger partial charge is 0.342 e. The molecule has 1 heterocycles. The van der Waals surface area contributed by atoms with E-state index in [1.807, 2.05) is 24.0 Å². The molecule has 1 aliphatic heterocycles. The molecule has 1 saturated heterocycles. The van der Waals surface area contributed by atoms with Crippen LogP contribution >= 0.6 is 27.7 Å². The van der Waals surface area contributed by atoms with Gasteiger partial charge in [0, 0.05) is 22.5 Å². The van der Waals surface area contributed by atoms with E-state index in [9.17, 15) is 4.79 Å². The molecule has 2 rings (SSSR count). The molecule has 0 spiro atoms. The highest BCUT2D eigenvalue weighted by molar-refractivity contribution is 9.10. The van der Waals surface area contributed by atoms with Crippen LogP contribution in [0.25, 0.3) is 0 Å². The van der Waals surface area contributed by atoms with Gasteiger partial charge >= 0.3 is 0 Å². The zero-order valence-corrected chi connectivity index (χ0v) is 13.7. The number of rotatable bonds is 3. The molecule has 0 aliphatic carbocycles. The molecular weight excluding hydrogens is 322 g/mol. The average molecular weight is 342 g/mol. The number of likely N-dealkylation sites (tertiary alicyclic amines) is 1. The van der Waals surface area contributed by atoms with Crippen LogP contribution in [0.3, 0.4) is 0 Å². The molecule has 1 aromatic carbocycles. The fourth-order valence-corrected chi connectivity index (χ4v) is 3.90. The van der Waals surface area contributed by atoms with Gasteiger partial charge in [0.1, 0.15) is 0 Å². The third-order valence-corrected chi connectivity index (χ3v) is 4.95. The van der Waals surface area contributed by atoms with Crippen LogP contribution in [0.15, 0.2) is 33.6 Å². The van der Waals surface area contributed by atoms with Crippen LogP contribution in [-0.4, -0.2) is 29.1 Å². The molecule has 0 aromatic heterocycles. The Labute approximate surface area is 128 Å². The number of hydrogen-bond acceptors (Lipinski definition) is 2. The molecule has 104 valence electrons. The van der Waals surface area contributed by atoms with Crippen LogP contribution in [0.5, 0.6) is 0 Å². The summed E-state index contributed by atoms with van der Waals surface area (Å²) in [4.78, 5) is 15.6. The lowest BCUT2D eigenvalue weighted by atomic mass is 10.2. The maximum Gasteiger partial charge on any atom is 0.235 e. The lowest BCUT2D eigenvalue weighted by Crippen LogP contribution is -2.37. The molecular formula is C15H20BrNOS. The normalized spacial score (nSPS) is 17.9. The van der Waals surface area contributed by atoms with Crippen molar-refractivity contribution in [3.63, 3.8) is 0 Å². The van der Waals surface area contributed by atoms with Crippen LogP contribution in [0.4, 0.5) is 0 Å². The van der Waals surface area contributed by atoms with Gasteiger partial charge in [-0.25, -0.2) is 0 Å². The molecule has 1 aliphatic rings. The second-order valence-electron chi connectivity index (χ2n) is 4.96. The van der Waals surface area contributed by atoms with Crippen molar-refractivity contribution in [1.82, 2.24) is 4.90 Å². The first-order valence-corrected chi connectivity index (χ1v) is 8.55. The highest BCUT2D eigenvalue weighted by Crippen LogP contribution is 2.27. The minimum atomic E-state index is -0.00704. The van der Waals surface area contributed by atoms with E-state index in [2.05, 4.69) is 28.1 Å². The minimum Gasteiger partial charge on any atom is -0.342 e. The molecule has 1 unspecified atom stereocenters. The van der Waals surface area contributed by atoms with Crippen molar-refractivity contribution >= 4 is 33.6 Å². The van der Waals surface area contributed by atoms with Crippen molar-refractivity contribution in [3.8, 4) is 0 Å². The molecule has 1 amide bonds. The molecule has 1 atom stereocenters. The average Bonchev–Trinajstić information content (AvgIpc) is 2.66. The maximum atomic E-state index is 12.4. The zero-order valence-electron chi connectivity index (χ0n) is 11.3. The molecule has 0 N–H and O–H groups in total. The maximum absolute atomic E-state index is 12.4. The number of amides is 1. The monoisotopic (exact) mass is 341 g/mol. The minimum absolute atomic E-state index is 0.00704. The Kier molecular flexibility index (Phi) is 5.76. The molecule has 0 bridgehead atoms. The van der Waals surface area contributed by atoms with Gasteiger partial charge in [0.2, 0.25) is 5.91 Å². The van der Waals surface area contributed by atoms with Gasteiger partial charge in [-0.15, -0.1) is 11.8 Å². The molecule has 1 fully saturated rings. The molecule has 19 heavy (non-hydrogen) atoms. The van der Waals surface area contributed by atoms with Crippen LogP contribution in [0.1, 0.15) is 32.6 Å². The summed E-state index contributed by atoms with van der Waals surface area (Å²) in [5.41, 5.74) is 0. The predicted molar refractivity (Wildman–Crippen MR) is 84.5 cm³/mol. The van der Waals surface area contributed by atoms with E-state index in [4.69, 9.17) is 0 Å². The highest BCUT2D eigenvalue weighted by atomic mass is 79.9. The first kappa shape index (κ1) is 14.9. The summed E-state index contributed by atoms with van der Waals surface area (Å²) in [6, 6.07) is 8.14. The number of carbonyl (C=O) groups excluding carboxylic acids is 1. The van der Waals surface area contributed by atoms with E-state index in [-0.39, 0.29) is 11.2 Å². The number of benzene rings is 1. The van der Waals surface area contributed by atoms with E-state index in [0.717, 1.165) is 35.3 Å². The summed E-state index contributed by atoms with van der Waals surface area (Å²) in [5.74, 6) is 0.284. The summed E-state index contributed by atoms with van der Waals surface area (Å²) in [6.07, 6.45) is 4.83. The summed E-state index contributed by atoms with van der Waals surface area (Å²) >= 11 is 5.11. The Balaban J connectivity index is 1.94. The molecule has 2 nitrogen and oxygen atoms in total. The van der Waals surface area contributed by atoms with E-state index < -0.39 is 0 Å². The van der Waals surface area contributed by atoms with Crippen molar-refractivity contribution in [1.29, 1.82) is 0 Å². The van der Waals surface area contributed by atoms with Crippen molar-refractivity contribution < 1.29 is 4.79 Å². The quantitative estimate of drug-likeness (QED) is 0.762. The molecule has 1 aromatic rings. The first-order valence-electron chi connectivity index (χ1n) is 6.88. The zero-order chi connectivity index (χ0) is 13.7. The summed E-state index contributed by atoms with van der Waals surface area (Å²) in [5, 5.41) is -0.00704. The SMILES string of the molecule is CC(Sc1cccc(Br)c1)C(=O)N1CCCCCC1. The smallest absolute Gasteiger partial charge is 0.235 e. The van der Waals surface area contributed by atoms with Crippen LogP contribution < -0.4 is 0 Å². The van der Waals surface area contributed by atoms with E-state index in [0.29, 0.717) is 0 Å². The lowest BCUT2D eigenvalue weighted by molar-refractivity contribution is -0.130. The fourth-order valence-electron chi connectivity index (χ4n) is 2.34. The Hall–Kier alpha value is -0.480. The Morgan fingerprint density at radius 3 is 2.58 bits per heavy atom. The number of hydrogen-bond donors (Lipinski definition) is 0. The molecule has 0 radical (unpaired) electrons. The van der Waals surface area contributed by atoms with Crippen LogP contribution in [0, 0.1) is 0 Å². The Morgan fingerprint density at radius 2 is 1.95 bits per heavy atom. The summed E-state index contributed by atoms with van der Waals surface area (Å²) < 4.78 is 1.06. The Morgan fingerprint density at radius 1 is 1.26 bits per heavy atom. The van der Waals surface area contributed by atoms with Gasteiger partial charge in [0.15, 0.2) is 0 Å². The van der Waals surface area contributed by atoms with E-state index in [1.54, 1.807) is 11.8 Å². The summed E-state index contributed by atoms with van der Waals surface area (Å²) in [7, 11) is 0. The van der Waals surface area contributed by atoms with Crippen molar-refractivity contribution in [3.05, 3.63) is 28.7 Å². The standard InChI is InChI=1S/C15H20BrNOS/c1-12(19-14-8-6-7-13(16)11-14)15(18)17-9-4-2-3-5-10-17/h6-8,11-12H,2-5,9-10H2,1H3. The lowest BCUT2D eigenvalue weighted by Gasteiger charge is -2.23. The van der Waals surface area contributed by atoms with Crippen molar-refractivity contribution in [2.75, 3.05) is 13.1 Å². The van der Waals surface area contributed by atoms with Gasteiger partial charge in [0.05, 0.1) is 5.25 Å². The van der Waals surface area contributed by atoms with E-state index >= 15 is 0 Å².